The van der Waals surface area contributed by atoms with Gasteiger partial charge in [-0.1, -0.05) is 20.8 Å². The molecule has 3 aromatic heterocycles. The molecule has 3 N–H and O–H groups in total. The van der Waals surface area contributed by atoms with Gasteiger partial charge < -0.3 is 10.4 Å². The molecule has 9 heteroatoms. The Balaban J connectivity index is 1.96. The minimum Gasteiger partial charge on any atom is -0.494 e. The number of aromatic nitrogens is 5. The molecule has 1 aliphatic carbocycles. The second kappa shape index (κ2) is 6.22. The Kier molecular flexibility index (Phi) is 4.06. The predicted octanol–water partition coefficient (Wildman–Crippen LogP) is 1.84. The molecular formula is C19H24N6O3. The molecule has 1 amide bonds. The van der Waals surface area contributed by atoms with Gasteiger partial charge >= 0.3 is 0 Å². The highest BCUT2D eigenvalue weighted by Gasteiger charge is 2.30. The van der Waals surface area contributed by atoms with E-state index in [0.717, 1.165) is 18.4 Å². The van der Waals surface area contributed by atoms with Gasteiger partial charge in [0.1, 0.15) is 11.3 Å². The lowest BCUT2D eigenvalue weighted by molar-refractivity contribution is 0.0944. The summed E-state index contributed by atoms with van der Waals surface area (Å²) in [4.78, 5) is 25.7. The van der Waals surface area contributed by atoms with Crippen LogP contribution in [0.2, 0.25) is 0 Å². The Labute approximate surface area is 161 Å². The van der Waals surface area contributed by atoms with Gasteiger partial charge in [0.25, 0.3) is 11.5 Å². The topological polar surface area (TPSA) is 117 Å². The summed E-state index contributed by atoms with van der Waals surface area (Å²) in [5.41, 5.74) is 1.39. The number of hydrogen-bond acceptors (Lipinski definition) is 5. The van der Waals surface area contributed by atoms with E-state index in [-0.39, 0.29) is 22.9 Å². The SMILES string of the molecule is Cc1cn[nH]c1-c1cc2n(CC(C)(C)C)c(O)c(C(=O)NC3CC3)c(=O)n2n1. The average Bonchev–Trinajstić information content (AvgIpc) is 3.12. The summed E-state index contributed by atoms with van der Waals surface area (Å²) in [5.74, 6) is -0.900. The maximum atomic E-state index is 13.0. The molecule has 0 aliphatic heterocycles. The van der Waals surface area contributed by atoms with E-state index in [1.54, 1.807) is 16.8 Å². The Bertz CT molecular complexity index is 1130. The van der Waals surface area contributed by atoms with Crippen molar-refractivity contribution in [3.8, 4) is 17.3 Å². The van der Waals surface area contributed by atoms with Crippen LogP contribution in [0.4, 0.5) is 0 Å². The lowest BCUT2D eigenvalue weighted by atomic mass is 9.96. The van der Waals surface area contributed by atoms with Crippen LogP contribution >= 0.6 is 0 Å². The van der Waals surface area contributed by atoms with Crippen molar-refractivity contribution < 1.29 is 9.90 Å². The van der Waals surface area contributed by atoms with Gasteiger partial charge in [-0.15, -0.1) is 0 Å². The highest BCUT2D eigenvalue weighted by molar-refractivity contribution is 5.96. The molecule has 1 saturated carbocycles. The fourth-order valence-electron chi connectivity index (χ4n) is 3.20. The average molecular weight is 384 g/mol. The molecule has 28 heavy (non-hydrogen) atoms. The molecule has 0 radical (unpaired) electrons. The summed E-state index contributed by atoms with van der Waals surface area (Å²) in [5, 5.41) is 24.9. The van der Waals surface area contributed by atoms with Gasteiger partial charge in [0.05, 0.1) is 11.9 Å². The van der Waals surface area contributed by atoms with Crippen LogP contribution in [0.5, 0.6) is 5.88 Å². The summed E-state index contributed by atoms with van der Waals surface area (Å²) in [6, 6.07) is 1.79. The molecule has 0 atom stereocenters. The number of rotatable bonds is 4. The molecule has 3 aromatic rings. The zero-order valence-electron chi connectivity index (χ0n) is 16.4. The standard InChI is InChI=1S/C19H24N6O3/c1-10-8-20-22-15(10)12-7-13-24(9-19(2,3)4)17(27)14(18(28)25(13)23-12)16(26)21-11-5-6-11/h7-8,11,27H,5-6,9H2,1-4H3,(H,20,22)(H,21,26). The quantitative estimate of drug-likeness (QED) is 0.634. The first-order chi connectivity index (χ1) is 13.2. The van der Waals surface area contributed by atoms with E-state index < -0.39 is 11.5 Å². The molecule has 148 valence electrons. The first kappa shape index (κ1) is 18.3. The van der Waals surface area contributed by atoms with E-state index in [1.807, 2.05) is 27.7 Å². The van der Waals surface area contributed by atoms with E-state index in [2.05, 4.69) is 20.6 Å². The molecule has 1 aliphatic rings. The smallest absolute Gasteiger partial charge is 0.291 e. The van der Waals surface area contributed by atoms with Gasteiger partial charge in [-0.2, -0.15) is 14.7 Å². The van der Waals surface area contributed by atoms with Crippen molar-refractivity contribution in [3.63, 3.8) is 0 Å². The van der Waals surface area contributed by atoms with Gasteiger partial charge in [0.2, 0.25) is 5.88 Å². The van der Waals surface area contributed by atoms with Crippen molar-refractivity contribution in [2.24, 2.45) is 5.41 Å². The van der Waals surface area contributed by atoms with Crippen molar-refractivity contribution in [1.29, 1.82) is 0 Å². The fourth-order valence-corrected chi connectivity index (χ4v) is 3.20. The summed E-state index contributed by atoms with van der Waals surface area (Å²) in [6.45, 7) is 8.33. The zero-order valence-corrected chi connectivity index (χ0v) is 16.4. The number of hydrogen-bond donors (Lipinski definition) is 3. The van der Waals surface area contributed by atoms with Crippen molar-refractivity contribution in [2.45, 2.75) is 53.1 Å². The molecule has 9 nitrogen and oxygen atoms in total. The summed E-state index contributed by atoms with van der Waals surface area (Å²) >= 11 is 0. The van der Waals surface area contributed by atoms with E-state index in [4.69, 9.17) is 0 Å². The highest BCUT2D eigenvalue weighted by atomic mass is 16.3. The third-order valence-electron chi connectivity index (χ3n) is 4.71. The summed E-state index contributed by atoms with van der Waals surface area (Å²) in [7, 11) is 0. The normalized spacial score (nSPS) is 14.6. The van der Waals surface area contributed by atoms with Crippen LogP contribution in [0.25, 0.3) is 17.0 Å². The second-order valence-electron chi connectivity index (χ2n) is 8.63. The van der Waals surface area contributed by atoms with Crippen molar-refractivity contribution in [3.05, 3.63) is 33.7 Å². The van der Waals surface area contributed by atoms with Gasteiger partial charge in [-0.3, -0.25) is 19.3 Å². The van der Waals surface area contributed by atoms with Gasteiger partial charge in [-0.25, -0.2) is 0 Å². The van der Waals surface area contributed by atoms with E-state index in [1.165, 1.54) is 4.52 Å². The number of aromatic amines is 1. The summed E-state index contributed by atoms with van der Waals surface area (Å²) < 4.78 is 2.76. The lowest BCUT2D eigenvalue weighted by Crippen LogP contribution is -2.35. The van der Waals surface area contributed by atoms with Crippen molar-refractivity contribution >= 4 is 11.6 Å². The number of nitrogens with one attached hydrogen (secondary N) is 2. The number of aromatic hydroxyl groups is 1. The maximum absolute atomic E-state index is 13.0. The van der Waals surface area contributed by atoms with Gasteiger partial charge in [0.15, 0.2) is 5.56 Å². The van der Waals surface area contributed by atoms with Crippen LogP contribution in [0.15, 0.2) is 17.1 Å². The third kappa shape index (κ3) is 3.17. The molecule has 0 saturated heterocycles. The second-order valence-corrected chi connectivity index (χ2v) is 8.63. The maximum Gasteiger partial charge on any atom is 0.291 e. The number of amides is 1. The van der Waals surface area contributed by atoms with E-state index >= 15 is 0 Å². The number of carbonyl (C=O) groups is 1. The van der Waals surface area contributed by atoms with Crippen LogP contribution in [0.3, 0.4) is 0 Å². The molecular weight excluding hydrogens is 360 g/mol. The zero-order chi connectivity index (χ0) is 20.2. The van der Waals surface area contributed by atoms with E-state index in [0.29, 0.717) is 23.6 Å². The van der Waals surface area contributed by atoms with Crippen molar-refractivity contribution in [2.75, 3.05) is 0 Å². The summed E-state index contributed by atoms with van der Waals surface area (Å²) in [6.07, 6.45) is 3.44. The highest BCUT2D eigenvalue weighted by Crippen LogP contribution is 2.28. The molecule has 0 bridgehead atoms. The van der Waals surface area contributed by atoms with Crippen molar-refractivity contribution in [1.82, 2.24) is 29.7 Å². The van der Waals surface area contributed by atoms with Gasteiger partial charge in [-0.05, 0) is 30.7 Å². The Hall–Kier alpha value is -3.10. The number of H-pyrrole nitrogens is 1. The number of nitrogens with zero attached hydrogens (tertiary/aromatic N) is 4. The van der Waals surface area contributed by atoms with Crippen LogP contribution in [0, 0.1) is 12.3 Å². The van der Waals surface area contributed by atoms with Crippen LogP contribution < -0.4 is 10.9 Å². The third-order valence-corrected chi connectivity index (χ3v) is 4.71. The molecule has 0 spiro atoms. The Morgan fingerprint density at radius 1 is 1.39 bits per heavy atom. The monoisotopic (exact) mass is 384 g/mol. The first-order valence-corrected chi connectivity index (χ1v) is 9.32. The number of aryl methyl sites for hydroxylation is 1. The molecule has 0 aromatic carbocycles. The Morgan fingerprint density at radius 3 is 2.68 bits per heavy atom. The predicted molar refractivity (Wildman–Crippen MR) is 103 cm³/mol. The molecule has 4 rings (SSSR count). The lowest BCUT2D eigenvalue weighted by Gasteiger charge is -2.23. The number of fused-ring (bicyclic) bond motifs is 1. The van der Waals surface area contributed by atoms with E-state index in [9.17, 15) is 14.7 Å². The number of carbonyl (C=O) groups excluding carboxylic acids is 1. The minimum absolute atomic E-state index is 0.0684. The fraction of sp³-hybridized carbons (Fsp3) is 0.474. The first-order valence-electron chi connectivity index (χ1n) is 9.32. The van der Waals surface area contributed by atoms with Crippen LogP contribution in [-0.4, -0.2) is 41.4 Å². The molecule has 0 unspecified atom stereocenters. The molecule has 3 heterocycles. The van der Waals surface area contributed by atoms with Gasteiger partial charge in [0, 0.05) is 18.7 Å². The minimum atomic E-state index is -0.640. The Morgan fingerprint density at radius 2 is 2.11 bits per heavy atom. The van der Waals surface area contributed by atoms with Crippen LogP contribution in [0.1, 0.15) is 49.5 Å². The van der Waals surface area contributed by atoms with Crippen LogP contribution in [-0.2, 0) is 6.54 Å². The largest absolute Gasteiger partial charge is 0.494 e. The molecule has 1 fully saturated rings.